The summed E-state index contributed by atoms with van der Waals surface area (Å²) in [5, 5.41) is 19.7. The highest BCUT2D eigenvalue weighted by Crippen LogP contribution is 2.44. The zero-order chi connectivity index (χ0) is 17.6. The van der Waals surface area contributed by atoms with Gasteiger partial charge in [-0.3, -0.25) is 9.09 Å². The summed E-state index contributed by atoms with van der Waals surface area (Å²) in [7, 11) is -4.91. The number of phosphoric ester groups is 1. The molecular weight excluding hydrogens is 413 g/mol. The first-order valence-electron chi connectivity index (χ1n) is 6.55. The summed E-state index contributed by atoms with van der Waals surface area (Å²) in [6.45, 7) is -0.625. The summed E-state index contributed by atoms with van der Waals surface area (Å²) in [6, 6.07) is 0. The molecule has 1 aliphatic rings. The van der Waals surface area contributed by atoms with Gasteiger partial charge >= 0.3 is 7.82 Å². The molecule has 12 nitrogen and oxygen atoms in total. The minimum atomic E-state index is -4.91. The third-order valence-electron chi connectivity index (χ3n) is 3.47. The van der Waals surface area contributed by atoms with Gasteiger partial charge in [-0.2, -0.15) is 0 Å². The number of aliphatic hydroxyl groups is 2. The maximum absolute atomic E-state index is 11.1. The third kappa shape index (κ3) is 3.05. The van der Waals surface area contributed by atoms with Gasteiger partial charge in [0, 0.05) is 0 Å². The molecule has 0 amide bonds. The number of imidazole rings is 1. The van der Waals surface area contributed by atoms with Crippen LogP contribution in [0, 0.1) is 0 Å². The topological polar surface area (TPSA) is 186 Å². The van der Waals surface area contributed by atoms with E-state index in [2.05, 4.69) is 35.4 Å². The number of rotatable bonds is 4. The van der Waals surface area contributed by atoms with Gasteiger partial charge in [0.2, 0.25) is 0 Å². The Kier molecular flexibility index (Phi) is 4.61. The van der Waals surface area contributed by atoms with E-state index in [1.165, 1.54) is 10.9 Å². The van der Waals surface area contributed by atoms with E-state index in [4.69, 9.17) is 20.3 Å². The molecule has 0 unspecified atom stereocenters. The van der Waals surface area contributed by atoms with Gasteiger partial charge in [0.15, 0.2) is 27.9 Å². The number of nitrogens with zero attached hydrogens (tertiary/aromatic N) is 4. The van der Waals surface area contributed by atoms with Crippen molar-refractivity contribution in [3.63, 3.8) is 0 Å². The third-order valence-corrected chi connectivity index (χ3v) is 4.54. The molecule has 0 radical (unpaired) electrons. The SMILES string of the molecule is Nc1ncnc2c1nc(Br)n2[C@@H]1O[C@H](CO)[C@@H](OP(=O)(O)O)[C@H]1O. The van der Waals surface area contributed by atoms with Gasteiger partial charge < -0.3 is 30.5 Å². The Bertz CT molecular complexity index is 812. The molecule has 14 heteroatoms. The fourth-order valence-electron chi connectivity index (χ4n) is 2.49. The molecule has 1 fully saturated rings. The predicted octanol–water partition coefficient (Wildman–Crippen LogP) is -1.10. The molecule has 2 aromatic rings. The van der Waals surface area contributed by atoms with Crippen LogP contribution >= 0.6 is 23.8 Å². The van der Waals surface area contributed by atoms with Crippen molar-refractivity contribution < 1.29 is 33.8 Å². The Morgan fingerprint density at radius 2 is 2.17 bits per heavy atom. The number of hydrogen-bond donors (Lipinski definition) is 5. The van der Waals surface area contributed by atoms with Crippen LogP contribution in [0.15, 0.2) is 11.1 Å². The van der Waals surface area contributed by atoms with E-state index < -0.39 is 39.0 Å². The first-order chi connectivity index (χ1) is 11.2. The normalized spacial score (nSPS) is 27.9. The Morgan fingerprint density at radius 1 is 1.46 bits per heavy atom. The lowest BCUT2D eigenvalue weighted by molar-refractivity contribution is -0.0519. The first-order valence-corrected chi connectivity index (χ1v) is 8.87. The van der Waals surface area contributed by atoms with Crippen LogP contribution in [0.3, 0.4) is 0 Å². The second kappa shape index (κ2) is 6.28. The van der Waals surface area contributed by atoms with E-state index in [0.29, 0.717) is 0 Å². The molecule has 2 aromatic heterocycles. The van der Waals surface area contributed by atoms with Crippen LogP contribution in [0.2, 0.25) is 0 Å². The maximum Gasteiger partial charge on any atom is 0.470 e. The molecule has 0 bridgehead atoms. The van der Waals surface area contributed by atoms with Crippen molar-refractivity contribution in [2.24, 2.45) is 0 Å². The van der Waals surface area contributed by atoms with Crippen LogP contribution in [-0.2, 0) is 13.8 Å². The first kappa shape index (κ1) is 17.6. The van der Waals surface area contributed by atoms with Gasteiger partial charge in [0.05, 0.1) is 6.61 Å². The summed E-state index contributed by atoms with van der Waals surface area (Å²) < 4.78 is 22.6. The molecule has 3 rings (SSSR count). The molecular formula is C10H13BrN5O7P. The smallest absolute Gasteiger partial charge is 0.394 e. The van der Waals surface area contributed by atoms with Crippen LogP contribution in [0.5, 0.6) is 0 Å². The van der Waals surface area contributed by atoms with Gasteiger partial charge in [-0.25, -0.2) is 19.5 Å². The standard InChI is InChI=1S/C10H13BrN5O7P/c11-10-15-4-7(12)13-2-14-8(4)16(10)9-5(18)6(3(1-17)22-9)23-24(19,20)21/h2-3,5-6,9,17-18H,1H2,(H2,12,13,14)(H2,19,20,21)/t3-,5-,6-,9-/m1/s1. The average molecular weight is 426 g/mol. The summed E-state index contributed by atoms with van der Waals surface area (Å²) in [4.78, 5) is 29.9. The molecule has 132 valence electrons. The highest BCUT2D eigenvalue weighted by molar-refractivity contribution is 9.10. The Morgan fingerprint density at radius 3 is 2.79 bits per heavy atom. The molecule has 0 spiro atoms. The van der Waals surface area contributed by atoms with Gasteiger partial charge in [-0.1, -0.05) is 0 Å². The van der Waals surface area contributed by atoms with E-state index in [-0.39, 0.29) is 21.7 Å². The van der Waals surface area contributed by atoms with Crippen molar-refractivity contribution in [1.29, 1.82) is 0 Å². The molecule has 0 aromatic carbocycles. The molecule has 1 aliphatic heterocycles. The van der Waals surface area contributed by atoms with Gasteiger partial charge in [-0.15, -0.1) is 0 Å². The molecule has 6 N–H and O–H groups in total. The van der Waals surface area contributed by atoms with E-state index in [1.807, 2.05) is 0 Å². The maximum atomic E-state index is 11.1. The summed E-state index contributed by atoms with van der Waals surface area (Å²) in [5.74, 6) is 0.105. The second-order valence-electron chi connectivity index (χ2n) is 4.98. The van der Waals surface area contributed by atoms with E-state index >= 15 is 0 Å². The number of phosphoric acid groups is 1. The highest BCUT2D eigenvalue weighted by atomic mass is 79.9. The highest BCUT2D eigenvalue weighted by Gasteiger charge is 2.49. The van der Waals surface area contributed by atoms with Crippen LogP contribution in [0.4, 0.5) is 5.82 Å². The predicted molar refractivity (Wildman–Crippen MR) is 81.4 cm³/mol. The number of nitrogens with two attached hydrogens (primary N) is 1. The largest absolute Gasteiger partial charge is 0.470 e. The van der Waals surface area contributed by atoms with E-state index in [9.17, 15) is 14.8 Å². The van der Waals surface area contributed by atoms with Crippen LogP contribution in [0.1, 0.15) is 6.23 Å². The van der Waals surface area contributed by atoms with Crippen LogP contribution in [-0.4, -0.2) is 64.4 Å². The molecule has 1 saturated heterocycles. The number of ether oxygens (including phenoxy) is 1. The minimum Gasteiger partial charge on any atom is -0.394 e. The second-order valence-corrected chi connectivity index (χ2v) is 6.88. The van der Waals surface area contributed by atoms with Gasteiger partial charge in [0.1, 0.15) is 24.6 Å². The minimum absolute atomic E-state index is 0.105. The number of aromatic nitrogens is 4. The average Bonchev–Trinajstić information content (AvgIpc) is 2.97. The lowest BCUT2D eigenvalue weighted by Gasteiger charge is -2.20. The fourth-order valence-corrected chi connectivity index (χ4v) is 3.62. The van der Waals surface area contributed by atoms with E-state index in [0.717, 1.165) is 0 Å². The fraction of sp³-hybridized carbons (Fsp3) is 0.500. The molecule has 3 heterocycles. The summed E-state index contributed by atoms with van der Waals surface area (Å²) >= 11 is 3.19. The molecule has 24 heavy (non-hydrogen) atoms. The van der Waals surface area contributed by atoms with Crippen LogP contribution < -0.4 is 5.73 Å². The Labute approximate surface area is 142 Å². The van der Waals surface area contributed by atoms with E-state index in [1.54, 1.807) is 0 Å². The zero-order valence-electron chi connectivity index (χ0n) is 11.8. The van der Waals surface area contributed by atoms with Crippen molar-refractivity contribution in [2.75, 3.05) is 12.3 Å². The monoisotopic (exact) mass is 425 g/mol. The number of nitrogen functional groups attached to an aromatic ring is 1. The van der Waals surface area contributed by atoms with Gasteiger partial charge in [0.25, 0.3) is 0 Å². The van der Waals surface area contributed by atoms with Crippen LogP contribution in [0.25, 0.3) is 11.2 Å². The molecule has 0 saturated carbocycles. The van der Waals surface area contributed by atoms with Crippen molar-refractivity contribution >= 4 is 40.7 Å². The summed E-state index contributed by atoms with van der Waals surface area (Å²) in [6.07, 6.45) is -4.12. The zero-order valence-corrected chi connectivity index (χ0v) is 14.3. The quantitative estimate of drug-likeness (QED) is 0.295. The van der Waals surface area contributed by atoms with Crippen molar-refractivity contribution in [2.45, 2.75) is 24.5 Å². The van der Waals surface area contributed by atoms with Gasteiger partial charge in [-0.05, 0) is 15.9 Å². The number of aliphatic hydroxyl groups excluding tert-OH is 2. The Balaban J connectivity index is 2.03. The number of anilines is 1. The number of hydrogen-bond acceptors (Lipinski definition) is 9. The molecule has 0 aliphatic carbocycles. The molecule has 4 atom stereocenters. The van der Waals surface area contributed by atoms with Crippen molar-refractivity contribution in [3.05, 3.63) is 11.1 Å². The number of halogens is 1. The number of fused-ring (bicyclic) bond motifs is 1. The van der Waals surface area contributed by atoms with Crippen molar-refractivity contribution in [3.8, 4) is 0 Å². The lowest BCUT2D eigenvalue weighted by atomic mass is 10.1. The summed E-state index contributed by atoms with van der Waals surface area (Å²) in [5.41, 5.74) is 6.20. The Hall–Kier alpha value is -1.18. The van der Waals surface area contributed by atoms with Crippen molar-refractivity contribution in [1.82, 2.24) is 19.5 Å². The lowest BCUT2D eigenvalue weighted by Crippen LogP contribution is -2.35.